The van der Waals surface area contributed by atoms with Gasteiger partial charge in [-0.15, -0.1) is 11.6 Å². The number of halogens is 1. The average molecular weight is 255 g/mol. The van der Waals surface area contributed by atoms with Crippen LogP contribution in [0.4, 0.5) is 0 Å². The lowest BCUT2D eigenvalue weighted by Crippen LogP contribution is -2.13. The Kier molecular flexibility index (Phi) is 4.70. The first-order chi connectivity index (χ1) is 7.95. The summed E-state index contributed by atoms with van der Waals surface area (Å²) in [7, 11) is 1.34. The first-order valence-corrected chi connectivity index (χ1v) is 5.74. The number of methoxy groups -OCH3 is 1. The molecule has 0 aliphatic rings. The van der Waals surface area contributed by atoms with Crippen molar-refractivity contribution in [3.8, 4) is 0 Å². The van der Waals surface area contributed by atoms with Crippen molar-refractivity contribution in [2.75, 3.05) is 7.11 Å². The first kappa shape index (κ1) is 13.7. The number of ketones is 1. The Hall–Kier alpha value is -1.35. The molecule has 0 aliphatic carbocycles. The number of carbonyl (C=O) groups excluding carboxylic acids is 2. The molecule has 0 radical (unpaired) electrons. The van der Waals surface area contributed by atoms with E-state index in [1.54, 1.807) is 13.0 Å². The molecule has 4 heteroatoms. The molecule has 0 aromatic heterocycles. The molecule has 0 N–H and O–H groups in total. The van der Waals surface area contributed by atoms with Gasteiger partial charge in [0.1, 0.15) is 0 Å². The normalized spacial score (nSPS) is 12.0. The molecule has 92 valence electrons. The van der Waals surface area contributed by atoms with Gasteiger partial charge >= 0.3 is 5.97 Å². The topological polar surface area (TPSA) is 43.4 Å². The zero-order valence-electron chi connectivity index (χ0n) is 10.1. The molecule has 0 saturated heterocycles. The molecule has 0 heterocycles. The Labute approximate surface area is 106 Å². The average Bonchev–Trinajstić information content (AvgIpc) is 2.30. The van der Waals surface area contributed by atoms with Crippen LogP contribution in [0, 0.1) is 6.92 Å². The predicted octanol–water partition coefficient (Wildman–Crippen LogP) is 2.52. The smallest absolute Gasteiger partial charge is 0.309 e. The Bertz CT molecular complexity index is 438. The number of ether oxygens (including phenoxy) is 1. The van der Waals surface area contributed by atoms with E-state index in [9.17, 15) is 9.59 Å². The van der Waals surface area contributed by atoms with Gasteiger partial charge in [-0.1, -0.05) is 12.1 Å². The second kappa shape index (κ2) is 5.82. The first-order valence-electron chi connectivity index (χ1n) is 5.30. The fourth-order valence-electron chi connectivity index (χ4n) is 1.50. The molecule has 0 saturated carbocycles. The van der Waals surface area contributed by atoms with Gasteiger partial charge in [-0.05, 0) is 31.0 Å². The van der Waals surface area contributed by atoms with E-state index < -0.39 is 5.38 Å². The van der Waals surface area contributed by atoms with Crippen molar-refractivity contribution in [2.24, 2.45) is 0 Å². The van der Waals surface area contributed by atoms with Gasteiger partial charge in [0, 0.05) is 5.56 Å². The van der Waals surface area contributed by atoms with Gasteiger partial charge in [0.2, 0.25) is 0 Å². The lowest BCUT2D eigenvalue weighted by Gasteiger charge is -2.08. The summed E-state index contributed by atoms with van der Waals surface area (Å²) >= 11 is 5.78. The van der Waals surface area contributed by atoms with Gasteiger partial charge < -0.3 is 4.74 Å². The molecule has 1 aromatic rings. The third-order valence-electron chi connectivity index (χ3n) is 2.50. The minimum absolute atomic E-state index is 0.129. The molecule has 17 heavy (non-hydrogen) atoms. The third kappa shape index (κ3) is 3.56. The maximum absolute atomic E-state index is 11.8. The van der Waals surface area contributed by atoms with Gasteiger partial charge in [0.05, 0.1) is 18.9 Å². The van der Waals surface area contributed by atoms with E-state index in [1.807, 2.05) is 19.1 Å². The van der Waals surface area contributed by atoms with Crippen molar-refractivity contribution < 1.29 is 14.3 Å². The van der Waals surface area contributed by atoms with E-state index in [1.165, 1.54) is 7.11 Å². The number of hydrogen-bond acceptors (Lipinski definition) is 3. The summed E-state index contributed by atoms with van der Waals surface area (Å²) in [6.45, 7) is 3.48. The Morgan fingerprint density at radius 3 is 2.59 bits per heavy atom. The molecule has 1 atom stereocenters. The van der Waals surface area contributed by atoms with Crippen molar-refractivity contribution in [1.29, 1.82) is 0 Å². The molecule has 3 nitrogen and oxygen atoms in total. The van der Waals surface area contributed by atoms with Crippen LogP contribution in [0.5, 0.6) is 0 Å². The fraction of sp³-hybridized carbons (Fsp3) is 0.385. The number of carbonyl (C=O) groups is 2. The monoisotopic (exact) mass is 254 g/mol. The van der Waals surface area contributed by atoms with Crippen LogP contribution in [0.3, 0.4) is 0 Å². The third-order valence-corrected chi connectivity index (χ3v) is 2.70. The minimum Gasteiger partial charge on any atom is -0.469 e. The van der Waals surface area contributed by atoms with E-state index in [2.05, 4.69) is 4.74 Å². The van der Waals surface area contributed by atoms with E-state index in [0.29, 0.717) is 5.56 Å². The van der Waals surface area contributed by atoms with Gasteiger partial charge in [0.15, 0.2) is 5.78 Å². The summed E-state index contributed by atoms with van der Waals surface area (Å²) in [4.78, 5) is 23.0. The van der Waals surface area contributed by atoms with E-state index >= 15 is 0 Å². The molecular formula is C13H15ClO3. The largest absolute Gasteiger partial charge is 0.469 e. The second-order valence-electron chi connectivity index (χ2n) is 3.88. The van der Waals surface area contributed by atoms with Crippen molar-refractivity contribution in [3.63, 3.8) is 0 Å². The van der Waals surface area contributed by atoms with Crippen LogP contribution in [-0.2, 0) is 16.0 Å². The number of rotatable bonds is 4. The number of hydrogen-bond donors (Lipinski definition) is 0. The number of Topliss-reactive ketones (excluding diaryl/α,β-unsaturated/α-hetero) is 1. The molecule has 1 aromatic carbocycles. The van der Waals surface area contributed by atoms with Gasteiger partial charge in [0.25, 0.3) is 0 Å². The maximum Gasteiger partial charge on any atom is 0.309 e. The highest BCUT2D eigenvalue weighted by atomic mass is 35.5. The number of esters is 1. The summed E-state index contributed by atoms with van der Waals surface area (Å²) in [6.07, 6.45) is 0.160. The van der Waals surface area contributed by atoms with Crippen LogP contribution in [0.1, 0.15) is 28.4 Å². The fourth-order valence-corrected chi connectivity index (χ4v) is 1.62. The molecular weight excluding hydrogens is 240 g/mol. The van der Waals surface area contributed by atoms with Crippen molar-refractivity contribution >= 4 is 23.4 Å². The molecule has 0 fully saturated rings. The van der Waals surface area contributed by atoms with Gasteiger partial charge in [-0.2, -0.15) is 0 Å². The van der Waals surface area contributed by atoms with E-state index in [-0.39, 0.29) is 18.2 Å². The summed E-state index contributed by atoms with van der Waals surface area (Å²) in [6, 6.07) is 5.32. The Balaban J connectivity index is 3.02. The van der Waals surface area contributed by atoms with Crippen molar-refractivity contribution in [1.82, 2.24) is 0 Å². The highest BCUT2D eigenvalue weighted by Gasteiger charge is 2.15. The SMILES string of the molecule is COC(=O)Cc1ccc(C)c(C(=O)C(C)Cl)c1. The minimum atomic E-state index is -0.568. The van der Waals surface area contributed by atoms with Crippen LogP contribution >= 0.6 is 11.6 Å². The quantitative estimate of drug-likeness (QED) is 0.471. The summed E-state index contributed by atoms with van der Waals surface area (Å²) in [5.41, 5.74) is 2.17. The van der Waals surface area contributed by atoms with E-state index in [0.717, 1.165) is 11.1 Å². The lowest BCUT2D eigenvalue weighted by molar-refractivity contribution is -0.139. The lowest BCUT2D eigenvalue weighted by atomic mass is 9.99. The van der Waals surface area contributed by atoms with Crippen molar-refractivity contribution in [2.45, 2.75) is 25.6 Å². The second-order valence-corrected chi connectivity index (χ2v) is 4.54. The maximum atomic E-state index is 11.8. The number of aryl methyl sites for hydroxylation is 1. The summed E-state index contributed by atoms with van der Waals surface area (Å²) < 4.78 is 4.58. The predicted molar refractivity (Wildman–Crippen MR) is 66.5 cm³/mol. The molecule has 0 amide bonds. The molecule has 0 bridgehead atoms. The van der Waals surface area contributed by atoms with Crippen LogP contribution in [-0.4, -0.2) is 24.2 Å². The zero-order chi connectivity index (χ0) is 13.0. The van der Waals surface area contributed by atoms with Gasteiger partial charge in [-0.3, -0.25) is 9.59 Å². The van der Waals surface area contributed by atoms with Crippen LogP contribution in [0.2, 0.25) is 0 Å². The number of alkyl halides is 1. The van der Waals surface area contributed by atoms with E-state index in [4.69, 9.17) is 11.6 Å². The molecule has 1 rings (SSSR count). The summed E-state index contributed by atoms with van der Waals surface area (Å²) in [5, 5.41) is -0.568. The van der Waals surface area contributed by atoms with Crippen molar-refractivity contribution in [3.05, 3.63) is 34.9 Å². The Morgan fingerprint density at radius 1 is 1.41 bits per heavy atom. The molecule has 0 aliphatic heterocycles. The molecule has 1 unspecified atom stereocenters. The van der Waals surface area contributed by atoms with Crippen LogP contribution in [0.25, 0.3) is 0 Å². The van der Waals surface area contributed by atoms with Crippen LogP contribution < -0.4 is 0 Å². The highest BCUT2D eigenvalue weighted by Crippen LogP contribution is 2.16. The standard InChI is InChI=1S/C13H15ClO3/c1-8-4-5-10(7-12(15)17-3)6-11(8)13(16)9(2)14/h4-6,9H,7H2,1-3H3. The van der Waals surface area contributed by atoms with Crippen LogP contribution in [0.15, 0.2) is 18.2 Å². The zero-order valence-corrected chi connectivity index (χ0v) is 10.9. The molecule has 0 spiro atoms. The number of benzene rings is 1. The Morgan fingerprint density at radius 2 is 2.06 bits per heavy atom. The highest BCUT2D eigenvalue weighted by molar-refractivity contribution is 6.33. The summed E-state index contributed by atoms with van der Waals surface area (Å²) in [5.74, 6) is -0.456. The van der Waals surface area contributed by atoms with Gasteiger partial charge in [-0.25, -0.2) is 0 Å².